The Labute approximate surface area is 207 Å². The van der Waals surface area contributed by atoms with Crippen LogP contribution in [0.2, 0.25) is 0 Å². The lowest BCUT2D eigenvalue weighted by atomic mass is 10.0. The van der Waals surface area contributed by atoms with Crippen LogP contribution in [0.5, 0.6) is 0 Å². The Morgan fingerprint density at radius 3 is 2.11 bits per heavy atom. The third-order valence-electron chi connectivity index (χ3n) is 5.95. The fourth-order valence-corrected chi connectivity index (χ4v) is 3.88. The fraction of sp³-hybridized carbons (Fsp3) is 0.357. The van der Waals surface area contributed by atoms with Crippen molar-refractivity contribution in [3.05, 3.63) is 84.2 Å². The molecule has 7 nitrogen and oxygen atoms in total. The number of hydrogen-bond acceptors (Lipinski definition) is 4. The largest absolute Gasteiger partial charge is 0.385 e. The van der Waals surface area contributed by atoms with Gasteiger partial charge in [0, 0.05) is 58.4 Å². The molecule has 0 atom stereocenters. The molecule has 0 saturated carbocycles. The normalized spacial score (nSPS) is 10.8. The maximum Gasteiger partial charge on any atom is 0.254 e. The lowest BCUT2D eigenvalue weighted by Crippen LogP contribution is -2.44. The molecule has 0 aliphatic rings. The summed E-state index contributed by atoms with van der Waals surface area (Å²) in [6.07, 6.45) is 2.60. The molecule has 7 heteroatoms. The van der Waals surface area contributed by atoms with Crippen LogP contribution in [0.4, 0.5) is 0 Å². The Bertz CT molecular complexity index is 1060. The fourth-order valence-electron chi connectivity index (χ4n) is 3.88. The van der Waals surface area contributed by atoms with Crippen LogP contribution < -0.4 is 0 Å². The minimum Gasteiger partial charge on any atom is -0.385 e. The van der Waals surface area contributed by atoms with Crippen molar-refractivity contribution in [1.29, 1.82) is 0 Å². The predicted octanol–water partition coefficient (Wildman–Crippen LogP) is 3.85. The summed E-state index contributed by atoms with van der Waals surface area (Å²) >= 11 is 0. The van der Waals surface area contributed by atoms with Crippen molar-refractivity contribution in [2.24, 2.45) is 7.05 Å². The number of aromatic nitrogens is 1. The van der Waals surface area contributed by atoms with E-state index in [9.17, 15) is 9.59 Å². The highest BCUT2D eigenvalue weighted by Gasteiger charge is 2.23. The summed E-state index contributed by atoms with van der Waals surface area (Å²) in [5.74, 6) is -0.283. The van der Waals surface area contributed by atoms with Crippen molar-refractivity contribution >= 4 is 11.8 Å². The lowest BCUT2D eigenvalue weighted by molar-refractivity contribution is -0.133. The van der Waals surface area contributed by atoms with Crippen molar-refractivity contribution in [1.82, 2.24) is 14.4 Å². The maximum atomic E-state index is 13.4. The molecule has 0 radical (unpaired) electrons. The number of rotatable bonds is 13. The van der Waals surface area contributed by atoms with E-state index in [0.29, 0.717) is 44.8 Å². The average molecular weight is 478 g/mol. The number of aryl methyl sites for hydroxylation is 1. The van der Waals surface area contributed by atoms with E-state index in [1.807, 2.05) is 84.5 Å². The Morgan fingerprint density at radius 2 is 1.49 bits per heavy atom. The van der Waals surface area contributed by atoms with Gasteiger partial charge in [0.25, 0.3) is 5.91 Å². The number of amides is 2. The van der Waals surface area contributed by atoms with E-state index in [0.717, 1.165) is 16.8 Å². The summed E-state index contributed by atoms with van der Waals surface area (Å²) in [7, 11) is 5.20. The molecule has 0 spiro atoms. The average Bonchev–Trinajstić information content (AvgIpc) is 3.30. The zero-order valence-electron chi connectivity index (χ0n) is 20.9. The number of nitrogens with zero attached hydrogens (tertiary/aromatic N) is 3. The van der Waals surface area contributed by atoms with Gasteiger partial charge < -0.3 is 23.8 Å². The molecule has 1 aromatic heterocycles. The van der Waals surface area contributed by atoms with Crippen LogP contribution >= 0.6 is 0 Å². The molecule has 2 amide bonds. The molecule has 35 heavy (non-hydrogen) atoms. The first kappa shape index (κ1) is 26.2. The van der Waals surface area contributed by atoms with E-state index in [1.54, 1.807) is 24.0 Å². The molecule has 0 N–H and O–H groups in total. The molecule has 186 valence electrons. The minimum absolute atomic E-state index is 0.00286. The molecule has 0 saturated heterocycles. The molecular formula is C28H35N3O4. The van der Waals surface area contributed by atoms with Crippen LogP contribution in [-0.4, -0.2) is 73.2 Å². The quantitative estimate of drug-likeness (QED) is 0.351. The van der Waals surface area contributed by atoms with Crippen LogP contribution in [0.25, 0.3) is 11.1 Å². The van der Waals surface area contributed by atoms with Crippen LogP contribution in [-0.2, 0) is 27.9 Å². The van der Waals surface area contributed by atoms with E-state index in [1.165, 1.54) is 0 Å². The van der Waals surface area contributed by atoms with E-state index in [4.69, 9.17) is 9.47 Å². The van der Waals surface area contributed by atoms with E-state index >= 15 is 0 Å². The molecule has 2 aromatic carbocycles. The SMILES string of the molecule is COCCCN(CC(=O)N(CCOC)Cc1cccn1C)C(=O)c1ccc(-c2ccccc2)cc1. The summed E-state index contributed by atoms with van der Waals surface area (Å²) in [4.78, 5) is 30.1. The molecular weight excluding hydrogens is 442 g/mol. The van der Waals surface area contributed by atoms with Crippen molar-refractivity contribution in [3.8, 4) is 11.1 Å². The molecule has 0 bridgehead atoms. The Kier molecular flexibility index (Phi) is 10.1. The second-order valence-corrected chi connectivity index (χ2v) is 8.43. The number of carbonyl (C=O) groups excluding carboxylic acids is 2. The van der Waals surface area contributed by atoms with Crippen molar-refractivity contribution in [2.75, 3.05) is 47.1 Å². The number of carbonyl (C=O) groups is 2. The van der Waals surface area contributed by atoms with Gasteiger partial charge in [0.15, 0.2) is 0 Å². The summed E-state index contributed by atoms with van der Waals surface area (Å²) in [6.45, 7) is 2.28. The van der Waals surface area contributed by atoms with Gasteiger partial charge in [-0.15, -0.1) is 0 Å². The molecule has 0 aliphatic heterocycles. The molecule has 3 rings (SSSR count). The van der Waals surface area contributed by atoms with Crippen molar-refractivity contribution in [3.63, 3.8) is 0 Å². The molecule has 3 aromatic rings. The highest BCUT2D eigenvalue weighted by atomic mass is 16.5. The molecule has 1 heterocycles. The predicted molar refractivity (Wildman–Crippen MR) is 137 cm³/mol. The third kappa shape index (κ3) is 7.53. The molecule has 0 unspecified atom stereocenters. The van der Waals surface area contributed by atoms with Gasteiger partial charge in [0.1, 0.15) is 6.54 Å². The summed E-state index contributed by atoms with van der Waals surface area (Å²) < 4.78 is 12.4. The minimum atomic E-state index is -0.167. The van der Waals surface area contributed by atoms with Gasteiger partial charge in [0.05, 0.1) is 13.2 Å². The zero-order chi connectivity index (χ0) is 25.0. The second-order valence-electron chi connectivity index (χ2n) is 8.43. The van der Waals surface area contributed by atoms with Crippen LogP contribution in [0, 0.1) is 0 Å². The van der Waals surface area contributed by atoms with Crippen molar-refractivity contribution < 1.29 is 19.1 Å². The number of benzene rings is 2. The third-order valence-corrected chi connectivity index (χ3v) is 5.95. The van der Waals surface area contributed by atoms with E-state index in [-0.39, 0.29) is 18.4 Å². The summed E-state index contributed by atoms with van der Waals surface area (Å²) in [6, 6.07) is 21.5. The van der Waals surface area contributed by atoms with E-state index in [2.05, 4.69) is 0 Å². The van der Waals surface area contributed by atoms with Gasteiger partial charge in [-0.25, -0.2) is 0 Å². The van der Waals surface area contributed by atoms with Crippen LogP contribution in [0.15, 0.2) is 72.9 Å². The second kappa shape index (κ2) is 13.5. The van der Waals surface area contributed by atoms with Gasteiger partial charge in [-0.2, -0.15) is 0 Å². The smallest absolute Gasteiger partial charge is 0.254 e. The lowest BCUT2D eigenvalue weighted by Gasteiger charge is -2.28. The Balaban J connectivity index is 1.75. The Hall–Kier alpha value is -3.42. The standard InChI is InChI=1S/C28H35N3O4/c1-29-16-7-11-26(29)21-30(18-20-35-3)27(32)22-31(17-8-19-34-2)28(33)25-14-12-24(13-15-25)23-9-5-4-6-10-23/h4-7,9-16H,8,17-22H2,1-3H3. The summed E-state index contributed by atoms with van der Waals surface area (Å²) in [5.41, 5.74) is 3.70. The molecule has 0 fully saturated rings. The number of methoxy groups -OCH3 is 2. The van der Waals surface area contributed by atoms with Gasteiger partial charge in [-0.1, -0.05) is 42.5 Å². The zero-order valence-corrected chi connectivity index (χ0v) is 20.9. The van der Waals surface area contributed by atoms with Crippen LogP contribution in [0.1, 0.15) is 22.5 Å². The highest BCUT2D eigenvalue weighted by Crippen LogP contribution is 2.20. The van der Waals surface area contributed by atoms with E-state index < -0.39 is 0 Å². The first-order chi connectivity index (χ1) is 17.0. The molecule has 0 aliphatic carbocycles. The van der Waals surface area contributed by atoms with Crippen molar-refractivity contribution in [2.45, 2.75) is 13.0 Å². The number of hydrogen-bond donors (Lipinski definition) is 0. The Morgan fingerprint density at radius 1 is 0.800 bits per heavy atom. The monoisotopic (exact) mass is 477 g/mol. The first-order valence-corrected chi connectivity index (χ1v) is 11.8. The summed E-state index contributed by atoms with van der Waals surface area (Å²) in [5, 5.41) is 0. The van der Waals surface area contributed by atoms with Gasteiger partial charge in [-0.05, 0) is 41.8 Å². The topological polar surface area (TPSA) is 64.0 Å². The van der Waals surface area contributed by atoms with Gasteiger partial charge in [-0.3, -0.25) is 9.59 Å². The van der Waals surface area contributed by atoms with Gasteiger partial charge >= 0.3 is 0 Å². The van der Waals surface area contributed by atoms with Crippen LogP contribution in [0.3, 0.4) is 0 Å². The van der Waals surface area contributed by atoms with Gasteiger partial charge in [0.2, 0.25) is 5.91 Å². The highest BCUT2D eigenvalue weighted by molar-refractivity contribution is 5.97. The number of ether oxygens (including phenoxy) is 2. The maximum absolute atomic E-state index is 13.4. The first-order valence-electron chi connectivity index (χ1n) is 11.8.